The number of rotatable bonds is 2. The summed E-state index contributed by atoms with van der Waals surface area (Å²) < 4.78 is 0. The molecule has 1 aromatic rings. The van der Waals surface area contributed by atoms with Gasteiger partial charge in [-0.3, -0.25) is 0 Å². The Morgan fingerprint density at radius 2 is 1.62 bits per heavy atom. The first-order valence-corrected chi connectivity index (χ1v) is 4.92. The molecule has 0 spiro atoms. The summed E-state index contributed by atoms with van der Waals surface area (Å²) in [4.78, 5) is 0. The summed E-state index contributed by atoms with van der Waals surface area (Å²) >= 11 is 0. The third-order valence-electron chi connectivity index (χ3n) is 2.04. The number of hydrogen-bond acceptors (Lipinski definition) is 0. The van der Waals surface area contributed by atoms with Crippen LogP contribution in [0.1, 0.15) is 39.2 Å². The molecule has 0 aliphatic rings. The van der Waals surface area contributed by atoms with Gasteiger partial charge < -0.3 is 0 Å². The maximum atomic E-state index is 3.93. The lowest BCUT2D eigenvalue weighted by Gasteiger charge is -2.10. The van der Waals surface area contributed by atoms with Crippen molar-refractivity contribution in [1.29, 1.82) is 0 Å². The Morgan fingerprint density at radius 1 is 1.15 bits per heavy atom. The van der Waals surface area contributed by atoms with Crippen LogP contribution in [0, 0.1) is 0 Å². The van der Waals surface area contributed by atoms with Gasteiger partial charge in [0, 0.05) is 5.92 Å². The molecule has 1 aromatic carbocycles. The molecule has 0 heteroatoms. The van der Waals surface area contributed by atoms with E-state index in [1.54, 1.807) is 0 Å². The van der Waals surface area contributed by atoms with E-state index in [4.69, 9.17) is 0 Å². The Balaban J connectivity index is 0.000000671. The summed E-state index contributed by atoms with van der Waals surface area (Å²) in [6.07, 6.45) is 0. The van der Waals surface area contributed by atoms with Gasteiger partial charge in [0.25, 0.3) is 0 Å². The lowest BCUT2D eigenvalue weighted by molar-refractivity contribution is 0.899. The molecule has 0 bridgehead atoms. The average Bonchev–Trinajstić information content (AvgIpc) is 2.21. The standard InChI is InChI=1S/C11H14.C2H6/c1-9(2)10(3)11-7-5-4-6-8-11;1-2/h4-8,10H,1H2,2-3H3;1-2H3. The normalized spacial score (nSPS) is 11.1. The highest BCUT2D eigenvalue weighted by Crippen LogP contribution is 2.20. The van der Waals surface area contributed by atoms with Gasteiger partial charge in [-0.15, -0.1) is 0 Å². The van der Waals surface area contributed by atoms with Gasteiger partial charge in [0.05, 0.1) is 0 Å². The van der Waals surface area contributed by atoms with Gasteiger partial charge >= 0.3 is 0 Å². The largest absolute Gasteiger partial charge is 0.0995 e. The fourth-order valence-electron chi connectivity index (χ4n) is 1.03. The molecule has 0 amide bonds. The molecule has 1 atom stereocenters. The average molecular weight is 176 g/mol. The third-order valence-corrected chi connectivity index (χ3v) is 2.04. The van der Waals surface area contributed by atoms with E-state index < -0.39 is 0 Å². The highest BCUT2D eigenvalue weighted by atomic mass is 14.1. The summed E-state index contributed by atoms with van der Waals surface area (Å²) in [5.41, 5.74) is 2.57. The van der Waals surface area contributed by atoms with Crippen molar-refractivity contribution in [2.24, 2.45) is 0 Å². The Morgan fingerprint density at radius 3 is 2.00 bits per heavy atom. The summed E-state index contributed by atoms with van der Waals surface area (Å²) in [6, 6.07) is 10.4. The SMILES string of the molecule is C=C(C)C(C)c1ccccc1.CC. The maximum absolute atomic E-state index is 3.93. The fraction of sp³-hybridized carbons (Fsp3) is 0.385. The number of allylic oxidation sites excluding steroid dienone is 1. The van der Waals surface area contributed by atoms with Gasteiger partial charge in [0.1, 0.15) is 0 Å². The number of benzene rings is 1. The molecule has 0 N–H and O–H groups in total. The first-order valence-electron chi connectivity index (χ1n) is 4.92. The van der Waals surface area contributed by atoms with E-state index in [1.165, 1.54) is 11.1 Å². The zero-order valence-corrected chi connectivity index (χ0v) is 9.17. The van der Waals surface area contributed by atoms with Gasteiger partial charge in [-0.2, -0.15) is 0 Å². The van der Waals surface area contributed by atoms with Crippen LogP contribution in [0.15, 0.2) is 42.5 Å². The molecule has 1 unspecified atom stereocenters. The second-order valence-corrected chi connectivity index (χ2v) is 2.98. The molecular weight excluding hydrogens is 156 g/mol. The topological polar surface area (TPSA) is 0 Å². The van der Waals surface area contributed by atoms with Gasteiger partial charge in [0.15, 0.2) is 0 Å². The van der Waals surface area contributed by atoms with Gasteiger partial charge in [0.2, 0.25) is 0 Å². The molecule has 0 radical (unpaired) electrons. The maximum Gasteiger partial charge on any atom is 0.00143 e. The van der Waals surface area contributed by atoms with E-state index >= 15 is 0 Å². The molecule has 0 saturated carbocycles. The third kappa shape index (κ3) is 3.93. The van der Waals surface area contributed by atoms with Crippen LogP contribution in [0.2, 0.25) is 0 Å². The molecule has 72 valence electrons. The zero-order chi connectivity index (χ0) is 10.3. The minimum absolute atomic E-state index is 0.483. The molecule has 0 nitrogen and oxygen atoms in total. The molecule has 0 saturated heterocycles. The Hall–Kier alpha value is -1.04. The minimum atomic E-state index is 0.483. The lowest BCUT2D eigenvalue weighted by Crippen LogP contribution is -1.92. The first kappa shape index (κ1) is 12.0. The Bertz CT molecular complexity index is 233. The van der Waals surface area contributed by atoms with Crippen molar-refractivity contribution in [2.75, 3.05) is 0 Å². The summed E-state index contributed by atoms with van der Waals surface area (Å²) in [5.74, 6) is 0.483. The lowest BCUT2D eigenvalue weighted by atomic mass is 9.95. The van der Waals surface area contributed by atoms with Crippen LogP contribution in [-0.4, -0.2) is 0 Å². The minimum Gasteiger partial charge on any atom is -0.0995 e. The molecular formula is C13H20. The van der Waals surface area contributed by atoms with Crippen molar-refractivity contribution < 1.29 is 0 Å². The van der Waals surface area contributed by atoms with E-state index in [1.807, 2.05) is 19.9 Å². The van der Waals surface area contributed by atoms with Crippen LogP contribution in [0.4, 0.5) is 0 Å². The first-order chi connectivity index (χ1) is 6.22. The van der Waals surface area contributed by atoms with Crippen molar-refractivity contribution in [3.05, 3.63) is 48.0 Å². The Kier molecular flexibility index (Phi) is 5.96. The fourth-order valence-corrected chi connectivity index (χ4v) is 1.03. The highest BCUT2D eigenvalue weighted by molar-refractivity contribution is 5.25. The molecule has 0 fully saturated rings. The smallest absolute Gasteiger partial charge is 0.00143 e. The predicted octanol–water partition coefficient (Wildman–Crippen LogP) is 4.39. The van der Waals surface area contributed by atoms with Crippen LogP contribution in [0.25, 0.3) is 0 Å². The molecule has 0 heterocycles. The zero-order valence-electron chi connectivity index (χ0n) is 9.17. The van der Waals surface area contributed by atoms with Gasteiger partial charge in [-0.25, -0.2) is 0 Å². The summed E-state index contributed by atoms with van der Waals surface area (Å²) in [5, 5.41) is 0. The van der Waals surface area contributed by atoms with E-state index in [-0.39, 0.29) is 0 Å². The summed E-state index contributed by atoms with van der Waals surface area (Å²) in [7, 11) is 0. The van der Waals surface area contributed by atoms with E-state index in [2.05, 4.69) is 44.7 Å². The Labute approximate surface area is 82.3 Å². The van der Waals surface area contributed by atoms with Crippen molar-refractivity contribution in [1.82, 2.24) is 0 Å². The van der Waals surface area contributed by atoms with Gasteiger partial charge in [-0.1, -0.05) is 63.3 Å². The predicted molar refractivity (Wildman–Crippen MR) is 61.0 cm³/mol. The van der Waals surface area contributed by atoms with Crippen molar-refractivity contribution in [3.63, 3.8) is 0 Å². The highest BCUT2D eigenvalue weighted by Gasteiger charge is 2.03. The quantitative estimate of drug-likeness (QED) is 0.586. The number of hydrogen-bond donors (Lipinski definition) is 0. The van der Waals surface area contributed by atoms with Crippen molar-refractivity contribution >= 4 is 0 Å². The monoisotopic (exact) mass is 176 g/mol. The van der Waals surface area contributed by atoms with Crippen LogP contribution in [0.3, 0.4) is 0 Å². The van der Waals surface area contributed by atoms with Crippen LogP contribution in [0.5, 0.6) is 0 Å². The van der Waals surface area contributed by atoms with Crippen LogP contribution >= 0.6 is 0 Å². The molecule has 0 aromatic heterocycles. The molecule has 13 heavy (non-hydrogen) atoms. The molecule has 0 aliphatic heterocycles. The van der Waals surface area contributed by atoms with Crippen LogP contribution < -0.4 is 0 Å². The molecule has 0 aliphatic carbocycles. The molecule has 1 rings (SSSR count). The van der Waals surface area contributed by atoms with Crippen molar-refractivity contribution in [2.45, 2.75) is 33.6 Å². The van der Waals surface area contributed by atoms with Gasteiger partial charge in [-0.05, 0) is 12.5 Å². The van der Waals surface area contributed by atoms with E-state index in [0.717, 1.165) is 0 Å². The van der Waals surface area contributed by atoms with E-state index in [0.29, 0.717) is 5.92 Å². The van der Waals surface area contributed by atoms with Crippen molar-refractivity contribution in [3.8, 4) is 0 Å². The second kappa shape index (κ2) is 6.47. The second-order valence-electron chi connectivity index (χ2n) is 2.98. The van der Waals surface area contributed by atoms with Crippen LogP contribution in [-0.2, 0) is 0 Å². The summed E-state index contributed by atoms with van der Waals surface area (Å²) in [6.45, 7) is 12.2. The van der Waals surface area contributed by atoms with E-state index in [9.17, 15) is 0 Å².